The van der Waals surface area contributed by atoms with E-state index in [2.05, 4.69) is 0 Å². The predicted octanol–water partition coefficient (Wildman–Crippen LogP) is 3.67. The molecule has 0 heterocycles. The SMILES string of the molecule is CCN(CC12CCC(C(=O)O)(CC1)CC2)C(=O)OC(C)(C)C. The van der Waals surface area contributed by atoms with Crippen LogP contribution in [0.4, 0.5) is 4.79 Å². The Morgan fingerprint density at radius 3 is 1.95 bits per heavy atom. The van der Waals surface area contributed by atoms with Crippen molar-refractivity contribution in [2.45, 2.75) is 71.8 Å². The van der Waals surface area contributed by atoms with Crippen LogP contribution in [0.3, 0.4) is 0 Å². The summed E-state index contributed by atoms with van der Waals surface area (Å²) in [6.45, 7) is 8.90. The van der Waals surface area contributed by atoms with E-state index in [1.165, 1.54) is 0 Å². The second-order valence-corrected chi connectivity index (χ2v) is 8.08. The van der Waals surface area contributed by atoms with Gasteiger partial charge in [-0.05, 0) is 71.6 Å². The monoisotopic (exact) mass is 311 g/mol. The quantitative estimate of drug-likeness (QED) is 0.860. The molecule has 3 fully saturated rings. The molecule has 3 aliphatic rings. The molecule has 5 nitrogen and oxygen atoms in total. The van der Waals surface area contributed by atoms with Gasteiger partial charge < -0.3 is 14.7 Å². The summed E-state index contributed by atoms with van der Waals surface area (Å²) >= 11 is 0. The number of hydrogen-bond donors (Lipinski definition) is 1. The van der Waals surface area contributed by atoms with E-state index in [9.17, 15) is 14.7 Å². The van der Waals surface area contributed by atoms with Crippen LogP contribution in [-0.2, 0) is 9.53 Å². The third kappa shape index (κ3) is 3.39. The van der Waals surface area contributed by atoms with Crippen molar-refractivity contribution >= 4 is 12.1 Å². The Hall–Kier alpha value is -1.26. The zero-order valence-electron chi connectivity index (χ0n) is 14.3. The molecule has 0 saturated heterocycles. The third-order valence-corrected chi connectivity index (χ3v) is 5.42. The molecule has 3 aliphatic carbocycles. The summed E-state index contributed by atoms with van der Waals surface area (Å²) in [5.74, 6) is -0.639. The summed E-state index contributed by atoms with van der Waals surface area (Å²) in [6, 6.07) is 0. The number of fused-ring (bicyclic) bond motifs is 3. The predicted molar refractivity (Wildman–Crippen MR) is 83.7 cm³/mol. The summed E-state index contributed by atoms with van der Waals surface area (Å²) in [6.07, 6.45) is 4.68. The van der Waals surface area contributed by atoms with E-state index >= 15 is 0 Å². The number of rotatable bonds is 4. The van der Waals surface area contributed by atoms with E-state index in [1.54, 1.807) is 4.90 Å². The number of hydrogen-bond acceptors (Lipinski definition) is 3. The summed E-state index contributed by atoms with van der Waals surface area (Å²) in [5, 5.41) is 9.46. The molecule has 0 radical (unpaired) electrons. The smallest absolute Gasteiger partial charge is 0.410 e. The van der Waals surface area contributed by atoms with Gasteiger partial charge in [0.2, 0.25) is 0 Å². The molecule has 126 valence electrons. The van der Waals surface area contributed by atoms with Crippen molar-refractivity contribution in [3.8, 4) is 0 Å². The highest BCUT2D eigenvalue weighted by molar-refractivity contribution is 5.75. The van der Waals surface area contributed by atoms with Gasteiger partial charge in [-0.15, -0.1) is 0 Å². The van der Waals surface area contributed by atoms with Crippen LogP contribution in [0, 0.1) is 10.8 Å². The van der Waals surface area contributed by atoms with Crippen LogP contribution in [0.25, 0.3) is 0 Å². The topological polar surface area (TPSA) is 66.8 Å². The van der Waals surface area contributed by atoms with Crippen LogP contribution >= 0.6 is 0 Å². The largest absolute Gasteiger partial charge is 0.481 e. The minimum atomic E-state index is -0.639. The Kier molecular flexibility index (Phi) is 4.46. The van der Waals surface area contributed by atoms with E-state index in [-0.39, 0.29) is 11.5 Å². The molecular weight excluding hydrogens is 282 g/mol. The molecule has 22 heavy (non-hydrogen) atoms. The summed E-state index contributed by atoms with van der Waals surface area (Å²) < 4.78 is 5.49. The van der Waals surface area contributed by atoms with Crippen molar-refractivity contribution in [3.05, 3.63) is 0 Å². The molecule has 1 N–H and O–H groups in total. The molecule has 0 aromatic rings. The fourth-order valence-electron chi connectivity index (χ4n) is 3.86. The maximum atomic E-state index is 12.3. The number of carbonyl (C=O) groups is 2. The van der Waals surface area contributed by atoms with Crippen molar-refractivity contribution in [2.75, 3.05) is 13.1 Å². The van der Waals surface area contributed by atoms with Crippen LogP contribution in [-0.4, -0.2) is 40.8 Å². The average Bonchev–Trinajstić information content (AvgIpc) is 2.44. The molecule has 0 spiro atoms. The van der Waals surface area contributed by atoms with Crippen LogP contribution in [0.2, 0.25) is 0 Å². The number of amides is 1. The number of carbonyl (C=O) groups excluding carboxylic acids is 1. The van der Waals surface area contributed by atoms with E-state index in [0.29, 0.717) is 13.1 Å². The number of aliphatic carboxylic acids is 1. The molecule has 5 heteroatoms. The minimum Gasteiger partial charge on any atom is -0.481 e. The molecule has 3 saturated carbocycles. The number of carboxylic acid groups (broad SMARTS) is 1. The molecule has 1 amide bonds. The second kappa shape index (κ2) is 5.74. The molecule has 0 aromatic carbocycles. The van der Waals surface area contributed by atoms with Crippen molar-refractivity contribution in [3.63, 3.8) is 0 Å². The van der Waals surface area contributed by atoms with Gasteiger partial charge in [0.05, 0.1) is 5.41 Å². The lowest BCUT2D eigenvalue weighted by atomic mass is 9.53. The first kappa shape index (κ1) is 17.1. The fourth-order valence-corrected chi connectivity index (χ4v) is 3.86. The highest BCUT2D eigenvalue weighted by Gasteiger charge is 2.53. The van der Waals surface area contributed by atoms with Crippen molar-refractivity contribution in [1.29, 1.82) is 0 Å². The van der Waals surface area contributed by atoms with Gasteiger partial charge in [0, 0.05) is 13.1 Å². The zero-order chi connectivity index (χ0) is 16.6. The Labute approximate surface area is 133 Å². The number of nitrogens with zero attached hydrogens (tertiary/aromatic N) is 1. The lowest BCUT2D eigenvalue weighted by molar-refractivity contribution is -0.159. The Balaban J connectivity index is 2.01. The third-order valence-electron chi connectivity index (χ3n) is 5.42. The fraction of sp³-hybridized carbons (Fsp3) is 0.882. The highest BCUT2D eigenvalue weighted by atomic mass is 16.6. The van der Waals surface area contributed by atoms with Crippen molar-refractivity contribution in [2.24, 2.45) is 10.8 Å². The van der Waals surface area contributed by atoms with E-state index < -0.39 is 17.0 Å². The standard InChI is InChI=1S/C17H29NO4/c1-5-18(14(21)22-15(2,3)4)12-16-6-9-17(10-7-16,11-8-16)13(19)20/h5-12H2,1-4H3,(H,19,20). The van der Waals surface area contributed by atoms with Gasteiger partial charge in [-0.3, -0.25) is 4.79 Å². The van der Waals surface area contributed by atoms with Crippen LogP contribution < -0.4 is 0 Å². The lowest BCUT2D eigenvalue weighted by Crippen LogP contribution is -2.51. The van der Waals surface area contributed by atoms with Gasteiger partial charge in [-0.25, -0.2) is 4.79 Å². The summed E-state index contributed by atoms with van der Waals surface area (Å²) in [4.78, 5) is 25.6. The zero-order valence-corrected chi connectivity index (χ0v) is 14.3. The van der Waals surface area contributed by atoms with Gasteiger partial charge >= 0.3 is 12.1 Å². The molecular formula is C17H29NO4. The van der Waals surface area contributed by atoms with Gasteiger partial charge in [0.1, 0.15) is 5.60 Å². The van der Waals surface area contributed by atoms with Crippen LogP contribution in [0.1, 0.15) is 66.2 Å². The molecule has 3 rings (SSSR count). The average molecular weight is 311 g/mol. The van der Waals surface area contributed by atoms with Crippen molar-refractivity contribution < 1.29 is 19.4 Å². The lowest BCUT2D eigenvalue weighted by Gasteiger charge is -2.52. The Morgan fingerprint density at radius 1 is 1.09 bits per heavy atom. The minimum absolute atomic E-state index is 0.0874. The molecule has 0 aliphatic heterocycles. The summed E-state index contributed by atoms with van der Waals surface area (Å²) in [7, 11) is 0. The first-order valence-electron chi connectivity index (χ1n) is 8.33. The van der Waals surface area contributed by atoms with Gasteiger partial charge in [0.25, 0.3) is 0 Å². The van der Waals surface area contributed by atoms with E-state index in [1.807, 2.05) is 27.7 Å². The Bertz CT molecular complexity index is 428. The maximum absolute atomic E-state index is 12.3. The van der Waals surface area contributed by atoms with Crippen molar-refractivity contribution in [1.82, 2.24) is 4.90 Å². The molecule has 0 atom stereocenters. The molecule has 2 bridgehead atoms. The number of ether oxygens (including phenoxy) is 1. The Morgan fingerprint density at radius 2 is 1.59 bits per heavy atom. The van der Waals surface area contributed by atoms with Gasteiger partial charge in [-0.2, -0.15) is 0 Å². The first-order chi connectivity index (χ1) is 10.1. The highest BCUT2D eigenvalue weighted by Crippen LogP contribution is 2.57. The normalized spacial score (nSPS) is 30.9. The summed E-state index contributed by atoms with van der Waals surface area (Å²) in [5.41, 5.74) is -0.894. The van der Waals surface area contributed by atoms with E-state index in [4.69, 9.17) is 4.74 Å². The van der Waals surface area contributed by atoms with Crippen LogP contribution in [0.15, 0.2) is 0 Å². The van der Waals surface area contributed by atoms with Gasteiger partial charge in [0.15, 0.2) is 0 Å². The number of carboxylic acids is 1. The molecule has 0 aromatic heterocycles. The van der Waals surface area contributed by atoms with Gasteiger partial charge in [-0.1, -0.05) is 0 Å². The van der Waals surface area contributed by atoms with E-state index in [0.717, 1.165) is 38.5 Å². The second-order valence-electron chi connectivity index (χ2n) is 8.08. The maximum Gasteiger partial charge on any atom is 0.410 e. The first-order valence-corrected chi connectivity index (χ1v) is 8.33. The molecule has 0 unspecified atom stereocenters. The van der Waals surface area contributed by atoms with Crippen LogP contribution in [0.5, 0.6) is 0 Å².